The molecule has 0 bridgehead atoms. The lowest BCUT2D eigenvalue weighted by atomic mass is 10.2. The van der Waals surface area contributed by atoms with Gasteiger partial charge in [0.15, 0.2) is 0 Å². The molecule has 0 fully saturated rings. The van der Waals surface area contributed by atoms with Gasteiger partial charge < -0.3 is 9.30 Å². The van der Waals surface area contributed by atoms with Crippen LogP contribution in [0.3, 0.4) is 0 Å². The number of hydrogen-bond acceptors (Lipinski definition) is 4. The smallest absolute Gasteiger partial charge is 0.250 e. The first-order valence-electron chi connectivity index (χ1n) is 9.01. The molecule has 0 atom stereocenters. The van der Waals surface area contributed by atoms with Crippen molar-refractivity contribution < 1.29 is 9.53 Å². The third-order valence-electron chi connectivity index (χ3n) is 4.38. The number of benzene rings is 2. The second kappa shape index (κ2) is 9.67. The second-order valence-corrected chi connectivity index (χ2v) is 7.88. The molecule has 150 valence electrons. The van der Waals surface area contributed by atoms with Gasteiger partial charge in [-0.2, -0.15) is 5.10 Å². The predicted molar refractivity (Wildman–Crippen MR) is 120 cm³/mol. The molecule has 0 radical (unpaired) electrons. The number of thioether (sulfide) groups is 1. The van der Waals surface area contributed by atoms with E-state index in [0.29, 0.717) is 5.02 Å². The van der Waals surface area contributed by atoms with Gasteiger partial charge in [-0.1, -0.05) is 11.6 Å². The van der Waals surface area contributed by atoms with Crippen molar-refractivity contribution in [2.45, 2.75) is 18.7 Å². The quantitative estimate of drug-likeness (QED) is 0.328. The normalized spacial score (nSPS) is 11.0. The standard InChI is InChI=1S/C22H22ClN3O2S/c1-15-12-17(16(2)26(15)19-6-4-18(23)5-7-19)13-24-25-22(27)14-29-21-10-8-20(28-3)9-11-21/h4-13H,14H2,1-3H3,(H,25,27)/b24-13+. The summed E-state index contributed by atoms with van der Waals surface area (Å²) in [6, 6.07) is 17.3. The summed E-state index contributed by atoms with van der Waals surface area (Å²) in [5.74, 6) is 0.918. The molecule has 1 aromatic heterocycles. The van der Waals surface area contributed by atoms with Crippen LogP contribution in [0.4, 0.5) is 0 Å². The molecule has 1 amide bonds. The Kier molecular flexibility index (Phi) is 7.01. The van der Waals surface area contributed by atoms with E-state index in [1.54, 1.807) is 13.3 Å². The number of carbonyl (C=O) groups excluding carboxylic acids is 1. The summed E-state index contributed by atoms with van der Waals surface area (Å²) < 4.78 is 7.25. The molecule has 1 N–H and O–H groups in total. The van der Waals surface area contributed by atoms with E-state index in [1.165, 1.54) is 11.8 Å². The van der Waals surface area contributed by atoms with Gasteiger partial charge >= 0.3 is 0 Å². The Bertz CT molecular complexity index is 1010. The van der Waals surface area contributed by atoms with E-state index >= 15 is 0 Å². The first-order valence-corrected chi connectivity index (χ1v) is 10.4. The maximum absolute atomic E-state index is 12.1. The minimum atomic E-state index is -0.159. The van der Waals surface area contributed by atoms with E-state index in [0.717, 1.165) is 33.3 Å². The fourth-order valence-corrected chi connectivity index (χ4v) is 3.75. The van der Waals surface area contributed by atoms with Crippen molar-refractivity contribution in [3.8, 4) is 11.4 Å². The minimum Gasteiger partial charge on any atom is -0.497 e. The van der Waals surface area contributed by atoms with Gasteiger partial charge in [0.2, 0.25) is 5.91 Å². The Morgan fingerprint density at radius 1 is 1.17 bits per heavy atom. The highest BCUT2D eigenvalue weighted by Crippen LogP contribution is 2.22. The highest BCUT2D eigenvalue weighted by Gasteiger charge is 2.09. The summed E-state index contributed by atoms with van der Waals surface area (Å²) in [7, 11) is 1.63. The van der Waals surface area contributed by atoms with Crippen LogP contribution in [0.2, 0.25) is 5.02 Å². The number of aromatic nitrogens is 1. The van der Waals surface area contributed by atoms with Gasteiger partial charge in [-0.15, -0.1) is 11.8 Å². The number of nitrogens with one attached hydrogen (secondary N) is 1. The Morgan fingerprint density at radius 3 is 2.52 bits per heavy atom. The number of aryl methyl sites for hydroxylation is 1. The molecule has 0 saturated carbocycles. The lowest BCUT2D eigenvalue weighted by Gasteiger charge is -2.09. The van der Waals surface area contributed by atoms with Gasteiger partial charge in [-0.05, 0) is 68.4 Å². The molecule has 0 unspecified atom stereocenters. The molecule has 0 aliphatic heterocycles. The zero-order valence-electron chi connectivity index (χ0n) is 16.5. The lowest BCUT2D eigenvalue weighted by molar-refractivity contribution is -0.118. The Labute approximate surface area is 179 Å². The zero-order valence-corrected chi connectivity index (χ0v) is 18.1. The molecule has 7 heteroatoms. The fourth-order valence-electron chi connectivity index (χ4n) is 2.93. The number of amides is 1. The first-order chi connectivity index (χ1) is 14.0. The van der Waals surface area contributed by atoms with Gasteiger partial charge in [-0.3, -0.25) is 4.79 Å². The van der Waals surface area contributed by atoms with E-state index in [2.05, 4.69) is 15.1 Å². The molecule has 1 heterocycles. The van der Waals surface area contributed by atoms with Crippen LogP contribution in [-0.2, 0) is 4.79 Å². The predicted octanol–water partition coefficient (Wildman–Crippen LogP) is 5.00. The van der Waals surface area contributed by atoms with E-state index in [9.17, 15) is 4.79 Å². The maximum Gasteiger partial charge on any atom is 0.250 e. The summed E-state index contributed by atoms with van der Waals surface area (Å²) in [6.45, 7) is 4.05. The molecule has 0 spiro atoms. The fraction of sp³-hybridized carbons (Fsp3) is 0.182. The lowest BCUT2D eigenvalue weighted by Crippen LogP contribution is -2.19. The van der Waals surface area contributed by atoms with E-state index < -0.39 is 0 Å². The molecule has 29 heavy (non-hydrogen) atoms. The Hall–Kier alpha value is -2.70. The van der Waals surface area contributed by atoms with Crippen molar-refractivity contribution in [1.82, 2.24) is 9.99 Å². The monoisotopic (exact) mass is 427 g/mol. The van der Waals surface area contributed by atoms with Crippen LogP contribution >= 0.6 is 23.4 Å². The van der Waals surface area contributed by atoms with Crippen LogP contribution in [0.1, 0.15) is 17.0 Å². The van der Waals surface area contributed by atoms with Crippen molar-refractivity contribution in [3.63, 3.8) is 0 Å². The van der Waals surface area contributed by atoms with Crippen LogP contribution in [-0.4, -0.2) is 29.6 Å². The molecular formula is C22H22ClN3O2S. The number of halogens is 1. The van der Waals surface area contributed by atoms with Gasteiger partial charge in [0.25, 0.3) is 0 Å². The summed E-state index contributed by atoms with van der Waals surface area (Å²) in [5.41, 5.74) is 6.68. The Balaban J connectivity index is 1.59. The van der Waals surface area contributed by atoms with Gasteiger partial charge in [0.1, 0.15) is 5.75 Å². The number of nitrogens with zero attached hydrogens (tertiary/aromatic N) is 2. The average Bonchev–Trinajstić information content (AvgIpc) is 3.01. The maximum atomic E-state index is 12.1. The van der Waals surface area contributed by atoms with Crippen molar-refractivity contribution >= 4 is 35.5 Å². The largest absolute Gasteiger partial charge is 0.497 e. The number of methoxy groups -OCH3 is 1. The van der Waals surface area contributed by atoms with Crippen LogP contribution < -0.4 is 10.2 Å². The number of hydrazone groups is 1. The molecular weight excluding hydrogens is 406 g/mol. The van der Waals surface area contributed by atoms with Gasteiger partial charge in [-0.25, -0.2) is 5.43 Å². The van der Waals surface area contributed by atoms with Crippen LogP contribution in [0.25, 0.3) is 5.69 Å². The SMILES string of the molecule is COc1ccc(SCC(=O)N/N=C/c2cc(C)n(-c3ccc(Cl)cc3)c2C)cc1. The van der Waals surface area contributed by atoms with Crippen molar-refractivity contribution in [1.29, 1.82) is 0 Å². The highest BCUT2D eigenvalue weighted by atomic mass is 35.5. The molecule has 3 aromatic rings. The molecule has 0 aliphatic carbocycles. The highest BCUT2D eigenvalue weighted by molar-refractivity contribution is 8.00. The van der Waals surface area contributed by atoms with E-state index in [1.807, 2.05) is 68.4 Å². The average molecular weight is 428 g/mol. The van der Waals surface area contributed by atoms with E-state index in [4.69, 9.17) is 16.3 Å². The number of carbonyl (C=O) groups is 1. The van der Waals surface area contributed by atoms with Gasteiger partial charge in [0.05, 0.1) is 19.1 Å². The summed E-state index contributed by atoms with van der Waals surface area (Å²) >= 11 is 7.43. The summed E-state index contributed by atoms with van der Waals surface area (Å²) in [5, 5.41) is 4.81. The second-order valence-electron chi connectivity index (χ2n) is 6.40. The van der Waals surface area contributed by atoms with Crippen LogP contribution in [0, 0.1) is 13.8 Å². The minimum absolute atomic E-state index is 0.159. The van der Waals surface area contributed by atoms with Crippen LogP contribution in [0.5, 0.6) is 5.75 Å². The van der Waals surface area contributed by atoms with Crippen molar-refractivity contribution in [2.24, 2.45) is 5.10 Å². The third kappa shape index (κ3) is 5.43. The number of rotatable bonds is 7. The summed E-state index contributed by atoms with van der Waals surface area (Å²) in [4.78, 5) is 13.0. The molecule has 3 rings (SSSR count). The van der Waals surface area contributed by atoms with Crippen molar-refractivity contribution in [3.05, 3.63) is 76.6 Å². The van der Waals surface area contributed by atoms with Crippen LogP contribution in [0.15, 0.2) is 64.6 Å². The van der Waals surface area contributed by atoms with E-state index in [-0.39, 0.29) is 11.7 Å². The molecule has 5 nitrogen and oxygen atoms in total. The first kappa shape index (κ1) is 21.0. The molecule has 0 aliphatic rings. The summed E-state index contributed by atoms with van der Waals surface area (Å²) in [6.07, 6.45) is 1.67. The van der Waals surface area contributed by atoms with Gasteiger partial charge in [0, 0.05) is 32.6 Å². The molecule has 2 aromatic carbocycles. The third-order valence-corrected chi connectivity index (χ3v) is 5.64. The number of ether oxygens (including phenoxy) is 1. The zero-order chi connectivity index (χ0) is 20.8. The number of hydrogen-bond donors (Lipinski definition) is 1. The molecule has 0 saturated heterocycles. The Morgan fingerprint density at radius 2 is 1.86 bits per heavy atom. The topological polar surface area (TPSA) is 55.6 Å². The van der Waals surface area contributed by atoms with Crippen molar-refractivity contribution in [2.75, 3.05) is 12.9 Å².